The Kier molecular flexibility index (Phi) is 6.79. The Morgan fingerprint density at radius 1 is 1.00 bits per heavy atom. The van der Waals surface area contributed by atoms with E-state index in [9.17, 15) is 17.6 Å². The van der Waals surface area contributed by atoms with Gasteiger partial charge in [0.2, 0.25) is 15.9 Å². The number of halogens is 1. The Labute approximate surface area is 159 Å². The molecule has 0 unspecified atom stereocenters. The van der Waals surface area contributed by atoms with Crippen LogP contribution >= 0.6 is 0 Å². The van der Waals surface area contributed by atoms with E-state index >= 15 is 0 Å². The Balaban J connectivity index is 1.98. The summed E-state index contributed by atoms with van der Waals surface area (Å²) in [5.74, 6) is -0.717. The molecule has 2 rings (SSSR count). The molecule has 0 saturated heterocycles. The molecule has 27 heavy (non-hydrogen) atoms. The number of anilines is 2. The molecule has 1 N–H and O–H groups in total. The number of amides is 1. The molecule has 0 aliphatic carbocycles. The van der Waals surface area contributed by atoms with Crippen molar-refractivity contribution >= 4 is 27.3 Å². The van der Waals surface area contributed by atoms with E-state index < -0.39 is 15.9 Å². The number of carbonyl (C=O) groups excluding carboxylic acids is 1. The van der Waals surface area contributed by atoms with Gasteiger partial charge in [-0.1, -0.05) is 12.1 Å². The monoisotopic (exact) mass is 393 g/mol. The summed E-state index contributed by atoms with van der Waals surface area (Å²) < 4.78 is 38.2. The minimum absolute atomic E-state index is 0.302. The Morgan fingerprint density at radius 3 is 2.07 bits per heavy atom. The number of benzene rings is 2. The zero-order chi connectivity index (χ0) is 20.0. The van der Waals surface area contributed by atoms with Gasteiger partial charge in [-0.2, -0.15) is 0 Å². The van der Waals surface area contributed by atoms with Crippen LogP contribution in [-0.4, -0.2) is 47.8 Å². The summed E-state index contributed by atoms with van der Waals surface area (Å²) in [4.78, 5) is 14.1. The van der Waals surface area contributed by atoms with Crippen LogP contribution in [0.2, 0.25) is 0 Å². The first-order chi connectivity index (χ1) is 12.7. The molecule has 0 radical (unpaired) electrons. The number of nitrogens with one attached hydrogen (secondary N) is 1. The lowest BCUT2D eigenvalue weighted by atomic mass is 10.1. The highest BCUT2D eigenvalue weighted by Crippen LogP contribution is 2.21. The van der Waals surface area contributed by atoms with E-state index in [2.05, 4.69) is 5.32 Å². The van der Waals surface area contributed by atoms with Crippen molar-refractivity contribution in [2.75, 3.05) is 42.6 Å². The van der Waals surface area contributed by atoms with Crippen LogP contribution in [-0.2, 0) is 21.2 Å². The average molecular weight is 393 g/mol. The third kappa shape index (κ3) is 6.25. The van der Waals surface area contributed by atoms with Gasteiger partial charge in [0, 0.05) is 26.3 Å². The highest BCUT2D eigenvalue weighted by molar-refractivity contribution is 7.92. The molecule has 2 aromatic rings. The van der Waals surface area contributed by atoms with Gasteiger partial charge in [-0.15, -0.1) is 0 Å². The zero-order valence-electron chi connectivity index (χ0n) is 15.6. The minimum Gasteiger partial charge on any atom is -0.378 e. The second-order valence-electron chi connectivity index (χ2n) is 6.41. The molecule has 0 aliphatic heterocycles. The largest absolute Gasteiger partial charge is 0.378 e. The number of hydrogen-bond donors (Lipinski definition) is 1. The predicted octanol–water partition coefficient (Wildman–Crippen LogP) is 2.02. The summed E-state index contributed by atoms with van der Waals surface area (Å²) in [6.45, 7) is 0.0329. The molecule has 146 valence electrons. The molecule has 0 bridgehead atoms. The lowest BCUT2D eigenvalue weighted by Gasteiger charge is -2.23. The van der Waals surface area contributed by atoms with Gasteiger partial charge in [0.1, 0.15) is 12.4 Å². The molecule has 2 aromatic carbocycles. The number of hydrogen-bond acceptors (Lipinski definition) is 4. The van der Waals surface area contributed by atoms with Crippen molar-refractivity contribution in [1.82, 2.24) is 5.32 Å². The highest BCUT2D eigenvalue weighted by Gasteiger charge is 2.20. The van der Waals surface area contributed by atoms with Gasteiger partial charge in [-0.3, -0.25) is 9.10 Å². The van der Waals surface area contributed by atoms with E-state index in [4.69, 9.17) is 0 Å². The van der Waals surface area contributed by atoms with Crippen LogP contribution in [0.15, 0.2) is 48.5 Å². The third-order valence-electron chi connectivity index (χ3n) is 3.99. The fourth-order valence-corrected chi connectivity index (χ4v) is 3.36. The molecule has 0 heterocycles. The van der Waals surface area contributed by atoms with Crippen molar-refractivity contribution in [2.24, 2.45) is 0 Å². The van der Waals surface area contributed by atoms with Gasteiger partial charge in [-0.25, -0.2) is 12.8 Å². The molecule has 0 saturated carbocycles. The Hall–Kier alpha value is -2.61. The first kappa shape index (κ1) is 20.7. The fraction of sp³-hybridized carbons (Fsp3) is 0.316. The van der Waals surface area contributed by atoms with E-state index in [1.165, 1.54) is 12.1 Å². The molecular weight excluding hydrogens is 369 g/mol. The average Bonchev–Trinajstić information content (AvgIpc) is 2.60. The summed E-state index contributed by atoms with van der Waals surface area (Å²) >= 11 is 0. The minimum atomic E-state index is -3.61. The second kappa shape index (κ2) is 8.85. The highest BCUT2D eigenvalue weighted by atomic mass is 32.2. The van der Waals surface area contributed by atoms with Gasteiger partial charge in [0.25, 0.3) is 0 Å². The van der Waals surface area contributed by atoms with Crippen molar-refractivity contribution in [3.05, 3.63) is 59.9 Å². The summed E-state index contributed by atoms with van der Waals surface area (Å²) in [6, 6.07) is 12.9. The normalized spacial score (nSPS) is 11.1. The summed E-state index contributed by atoms with van der Waals surface area (Å²) in [6.07, 6.45) is 1.60. The van der Waals surface area contributed by atoms with Crippen molar-refractivity contribution in [1.29, 1.82) is 0 Å². The van der Waals surface area contributed by atoms with E-state index in [1.54, 1.807) is 36.4 Å². The Morgan fingerprint density at radius 2 is 1.56 bits per heavy atom. The number of sulfonamides is 1. The standard InChI is InChI=1S/C19H24FN3O3S/c1-22(2)17-8-10-18(11-9-17)23(27(3,25)26)14-19(24)21-13-12-15-4-6-16(20)7-5-15/h4-11H,12-14H2,1-3H3,(H,21,24). The van der Waals surface area contributed by atoms with Crippen molar-refractivity contribution in [2.45, 2.75) is 6.42 Å². The van der Waals surface area contributed by atoms with Gasteiger partial charge in [0.05, 0.1) is 11.9 Å². The van der Waals surface area contributed by atoms with Gasteiger partial charge in [-0.05, 0) is 48.4 Å². The molecular formula is C19H24FN3O3S. The number of carbonyl (C=O) groups is 1. The first-order valence-corrected chi connectivity index (χ1v) is 10.3. The van der Waals surface area contributed by atoms with Crippen molar-refractivity contribution in [3.63, 3.8) is 0 Å². The van der Waals surface area contributed by atoms with E-state index in [0.29, 0.717) is 18.7 Å². The maximum Gasteiger partial charge on any atom is 0.240 e. The topological polar surface area (TPSA) is 69.7 Å². The zero-order valence-corrected chi connectivity index (χ0v) is 16.5. The van der Waals surface area contributed by atoms with Gasteiger partial charge < -0.3 is 10.2 Å². The van der Waals surface area contributed by atoms with Crippen LogP contribution in [0, 0.1) is 5.82 Å². The summed E-state index contributed by atoms with van der Waals surface area (Å²) in [5, 5.41) is 2.70. The van der Waals surface area contributed by atoms with E-state index in [-0.39, 0.29) is 12.4 Å². The fourth-order valence-electron chi connectivity index (χ4n) is 2.50. The predicted molar refractivity (Wildman–Crippen MR) is 106 cm³/mol. The van der Waals surface area contributed by atoms with Crippen LogP contribution in [0.3, 0.4) is 0 Å². The quantitative estimate of drug-likeness (QED) is 0.745. The molecule has 0 atom stereocenters. The van der Waals surface area contributed by atoms with Crippen molar-refractivity contribution < 1.29 is 17.6 Å². The van der Waals surface area contributed by atoms with Gasteiger partial charge >= 0.3 is 0 Å². The van der Waals surface area contributed by atoms with Crippen LogP contribution < -0.4 is 14.5 Å². The molecule has 0 aromatic heterocycles. The van der Waals surface area contributed by atoms with Gasteiger partial charge in [0.15, 0.2) is 0 Å². The van der Waals surface area contributed by atoms with E-state index in [1.807, 2.05) is 19.0 Å². The SMILES string of the molecule is CN(C)c1ccc(N(CC(=O)NCCc2ccc(F)cc2)S(C)(=O)=O)cc1. The lowest BCUT2D eigenvalue weighted by Crippen LogP contribution is -2.40. The summed E-state index contributed by atoms with van der Waals surface area (Å²) in [5.41, 5.74) is 2.24. The molecule has 1 amide bonds. The number of nitrogens with zero attached hydrogens (tertiary/aromatic N) is 2. The smallest absolute Gasteiger partial charge is 0.240 e. The van der Waals surface area contributed by atoms with Crippen LogP contribution in [0.4, 0.5) is 15.8 Å². The van der Waals surface area contributed by atoms with Crippen LogP contribution in [0.25, 0.3) is 0 Å². The molecule has 8 heteroatoms. The molecule has 0 spiro atoms. The van der Waals surface area contributed by atoms with E-state index in [0.717, 1.165) is 21.8 Å². The third-order valence-corrected chi connectivity index (χ3v) is 5.13. The lowest BCUT2D eigenvalue weighted by molar-refractivity contribution is -0.119. The first-order valence-electron chi connectivity index (χ1n) is 8.43. The van der Waals surface area contributed by atoms with Crippen LogP contribution in [0.1, 0.15) is 5.56 Å². The molecule has 0 aliphatic rings. The second-order valence-corrected chi connectivity index (χ2v) is 8.31. The van der Waals surface area contributed by atoms with Crippen molar-refractivity contribution in [3.8, 4) is 0 Å². The number of rotatable bonds is 8. The Bertz CT molecular complexity index is 866. The van der Waals surface area contributed by atoms with Crippen LogP contribution in [0.5, 0.6) is 0 Å². The molecule has 0 fully saturated rings. The maximum atomic E-state index is 12.9. The summed E-state index contributed by atoms with van der Waals surface area (Å²) in [7, 11) is 0.163. The molecule has 6 nitrogen and oxygen atoms in total. The maximum absolute atomic E-state index is 12.9.